The van der Waals surface area contributed by atoms with E-state index in [1.807, 2.05) is 44.3 Å². The molecule has 0 bridgehead atoms. The average molecular weight is 810 g/mol. The van der Waals surface area contributed by atoms with Crippen molar-refractivity contribution < 1.29 is 33.6 Å². The van der Waals surface area contributed by atoms with Crippen LogP contribution >= 0.6 is 11.8 Å². The molecule has 19 heteroatoms. The highest BCUT2D eigenvalue weighted by Gasteiger charge is 2.38. The Morgan fingerprint density at radius 1 is 0.877 bits per heavy atom. The van der Waals surface area contributed by atoms with E-state index in [0.717, 1.165) is 16.5 Å². The van der Waals surface area contributed by atoms with E-state index in [2.05, 4.69) is 46.9 Å². The van der Waals surface area contributed by atoms with Crippen LogP contribution in [0.2, 0.25) is 0 Å². The van der Waals surface area contributed by atoms with Crippen LogP contribution in [0.15, 0.2) is 43.0 Å². The maximum absolute atomic E-state index is 13.7. The van der Waals surface area contributed by atoms with Gasteiger partial charge in [-0.15, -0.1) is 11.8 Å². The van der Waals surface area contributed by atoms with Crippen molar-refractivity contribution in [2.24, 2.45) is 17.6 Å². The van der Waals surface area contributed by atoms with Gasteiger partial charge in [0.15, 0.2) is 0 Å². The zero-order valence-electron chi connectivity index (χ0n) is 33.1. The number of likely N-dealkylation sites (N-methyl/N-ethyl adjacent to an activating group) is 1. The maximum Gasteiger partial charge on any atom is 0.246 e. The number of rotatable bonds is 20. The summed E-state index contributed by atoms with van der Waals surface area (Å²) in [5.74, 6) is -3.91. The molecule has 1 saturated heterocycles. The highest BCUT2D eigenvalue weighted by molar-refractivity contribution is 7.99. The van der Waals surface area contributed by atoms with Crippen molar-refractivity contribution in [2.45, 2.75) is 90.1 Å². The van der Waals surface area contributed by atoms with Crippen LogP contribution in [0, 0.1) is 11.8 Å². The number of nitrogens with zero attached hydrogens (tertiary/aromatic N) is 2. The van der Waals surface area contributed by atoms with E-state index >= 15 is 0 Å². The molecule has 0 aliphatic carbocycles. The molecule has 0 unspecified atom stereocenters. The maximum atomic E-state index is 13.7. The number of amides is 7. The predicted molar refractivity (Wildman–Crippen MR) is 215 cm³/mol. The van der Waals surface area contributed by atoms with Gasteiger partial charge >= 0.3 is 0 Å². The smallest absolute Gasteiger partial charge is 0.246 e. The number of carbonyl (C=O) groups is 7. The van der Waals surface area contributed by atoms with Crippen LogP contribution in [0.1, 0.15) is 52.3 Å². The van der Waals surface area contributed by atoms with Crippen molar-refractivity contribution in [3.8, 4) is 0 Å². The number of benzene rings is 1. The molecular formula is C38H55N11O7S. The van der Waals surface area contributed by atoms with E-state index in [-0.39, 0.29) is 24.6 Å². The second-order valence-corrected chi connectivity index (χ2v) is 15.9. The zero-order chi connectivity index (χ0) is 41.8. The molecule has 3 heterocycles. The lowest BCUT2D eigenvalue weighted by molar-refractivity contribution is -0.141. The highest BCUT2D eigenvalue weighted by Crippen LogP contribution is 2.23. The lowest BCUT2D eigenvalue weighted by Crippen LogP contribution is -2.58. The Kier molecular flexibility index (Phi) is 16.0. The van der Waals surface area contributed by atoms with Gasteiger partial charge in [-0.2, -0.15) is 0 Å². The van der Waals surface area contributed by atoms with Gasteiger partial charge in [0.2, 0.25) is 41.4 Å². The van der Waals surface area contributed by atoms with Gasteiger partial charge in [0, 0.05) is 35.5 Å². The number of hydrogen-bond acceptors (Lipinski definition) is 10. The van der Waals surface area contributed by atoms with Crippen molar-refractivity contribution in [2.75, 3.05) is 25.2 Å². The SMILES string of the molecule is CN[C@@H](Cc1c[nH]c2ccccc12)C(=O)N[C@@H](C)C(=O)N[C@H](C(=O)NCC(=O)N[C@@H](Cc1c[nH]cn1)C(=O)N[C@@H](CC(C)C)C(=O)N1CSC[C@H]1C(N)=O)C(C)C. The number of aromatic nitrogens is 3. The summed E-state index contributed by atoms with van der Waals surface area (Å²) >= 11 is 1.39. The van der Waals surface area contributed by atoms with E-state index < -0.39 is 90.1 Å². The number of aromatic amines is 2. The zero-order valence-corrected chi connectivity index (χ0v) is 34.0. The first kappa shape index (κ1) is 44.3. The molecule has 2 aromatic heterocycles. The van der Waals surface area contributed by atoms with Crippen LogP contribution in [-0.4, -0.2) is 123 Å². The first-order valence-corrected chi connectivity index (χ1v) is 20.1. The first-order chi connectivity index (χ1) is 27.1. The van der Waals surface area contributed by atoms with Crippen molar-refractivity contribution in [1.29, 1.82) is 0 Å². The second kappa shape index (κ2) is 20.7. The van der Waals surface area contributed by atoms with Gasteiger partial charge in [0.05, 0.1) is 30.5 Å². The monoisotopic (exact) mass is 809 g/mol. The Labute approximate surface area is 335 Å². The molecule has 1 fully saturated rings. The molecule has 7 amide bonds. The van der Waals surface area contributed by atoms with Crippen molar-refractivity contribution in [3.05, 3.63) is 54.2 Å². The Balaban J connectivity index is 1.35. The Hall–Kier alpha value is -5.43. The minimum absolute atomic E-state index is 0.00831. The van der Waals surface area contributed by atoms with Crippen LogP contribution < -0.4 is 37.6 Å². The number of nitrogens with one attached hydrogen (secondary N) is 8. The van der Waals surface area contributed by atoms with E-state index in [1.165, 1.54) is 29.9 Å². The third kappa shape index (κ3) is 12.3. The Morgan fingerprint density at radius 2 is 1.60 bits per heavy atom. The molecule has 1 aliphatic heterocycles. The van der Waals surface area contributed by atoms with E-state index in [4.69, 9.17) is 5.73 Å². The lowest BCUT2D eigenvalue weighted by Gasteiger charge is -2.29. The molecule has 310 valence electrons. The second-order valence-electron chi connectivity index (χ2n) is 14.9. The fourth-order valence-electron chi connectivity index (χ4n) is 6.44. The van der Waals surface area contributed by atoms with Gasteiger partial charge in [0.1, 0.15) is 30.2 Å². The van der Waals surface area contributed by atoms with Crippen molar-refractivity contribution in [1.82, 2.24) is 51.8 Å². The van der Waals surface area contributed by atoms with Crippen LogP contribution in [0.25, 0.3) is 10.9 Å². The van der Waals surface area contributed by atoms with Crippen LogP contribution in [0.4, 0.5) is 0 Å². The van der Waals surface area contributed by atoms with Crippen molar-refractivity contribution in [3.63, 3.8) is 0 Å². The van der Waals surface area contributed by atoms with Crippen LogP contribution in [-0.2, 0) is 46.4 Å². The van der Waals surface area contributed by atoms with Gasteiger partial charge < -0.3 is 52.5 Å². The Morgan fingerprint density at radius 3 is 2.25 bits per heavy atom. The molecule has 3 aromatic rings. The lowest BCUT2D eigenvalue weighted by atomic mass is 10.0. The molecule has 0 saturated carbocycles. The molecule has 10 N–H and O–H groups in total. The molecule has 6 atom stereocenters. The van der Waals surface area contributed by atoms with Crippen molar-refractivity contribution >= 4 is 64.0 Å². The molecular weight excluding hydrogens is 755 g/mol. The number of H-pyrrole nitrogens is 2. The average Bonchev–Trinajstić information content (AvgIpc) is 3.96. The quantitative estimate of drug-likeness (QED) is 0.0702. The number of primary amides is 1. The third-order valence-corrected chi connectivity index (χ3v) is 10.6. The minimum Gasteiger partial charge on any atom is -0.368 e. The molecule has 4 rings (SSSR count). The van der Waals surface area contributed by atoms with Gasteiger partial charge in [-0.25, -0.2) is 4.98 Å². The van der Waals surface area contributed by atoms with Gasteiger partial charge in [-0.3, -0.25) is 33.6 Å². The summed E-state index contributed by atoms with van der Waals surface area (Å²) in [6.45, 7) is 8.19. The summed E-state index contributed by atoms with van der Waals surface area (Å²) < 4.78 is 0. The third-order valence-electron chi connectivity index (χ3n) is 9.62. The summed E-state index contributed by atoms with van der Waals surface area (Å²) in [6.07, 6.45) is 5.43. The number of para-hydroxylation sites is 1. The van der Waals surface area contributed by atoms with Crippen LogP contribution in [0.5, 0.6) is 0 Å². The summed E-state index contributed by atoms with van der Waals surface area (Å²) in [5.41, 5.74) is 7.88. The Bertz CT molecular complexity index is 1880. The number of fused-ring (bicyclic) bond motifs is 1. The van der Waals surface area contributed by atoms with E-state index in [0.29, 0.717) is 17.9 Å². The number of hydrogen-bond donors (Lipinski definition) is 9. The van der Waals surface area contributed by atoms with E-state index in [1.54, 1.807) is 27.1 Å². The minimum atomic E-state index is -1.19. The number of thioether (sulfide) groups is 1. The van der Waals surface area contributed by atoms with E-state index in [9.17, 15) is 33.6 Å². The molecule has 1 aromatic carbocycles. The first-order valence-electron chi connectivity index (χ1n) is 18.9. The number of carbonyl (C=O) groups excluding carboxylic acids is 7. The summed E-state index contributed by atoms with van der Waals surface area (Å²) in [7, 11) is 1.66. The summed E-state index contributed by atoms with van der Waals surface area (Å²) in [6, 6.07) is 2.06. The standard InChI is InChI=1S/C38H55N11O7S/c1-20(2)11-29(38(56)49-19-57-17-30(49)33(39)51)47-36(54)28(13-24-15-41-18-44-24)46-31(50)16-43-37(55)32(21(3)4)48-34(52)22(5)45-35(53)27(40-6)12-23-14-42-26-10-8-7-9-25(23)26/h7-10,14-15,18,20-22,27-30,32,40,42H,11-13,16-17,19H2,1-6H3,(H2,39,51)(H,41,44)(H,43,55)(H,45,53)(H,46,50)(H,47,54)(H,48,52)/t22-,27-,28-,29-,30-,32-/m0/s1. The number of imidazole rings is 1. The number of nitrogens with two attached hydrogens (primary N) is 1. The molecule has 18 nitrogen and oxygen atoms in total. The van der Waals surface area contributed by atoms with Gasteiger partial charge in [-0.05, 0) is 50.3 Å². The summed E-state index contributed by atoms with van der Waals surface area (Å²) in [4.78, 5) is 104. The largest absolute Gasteiger partial charge is 0.368 e. The predicted octanol–water partition coefficient (Wildman–Crippen LogP) is -0.572. The molecule has 0 spiro atoms. The van der Waals surface area contributed by atoms with Gasteiger partial charge in [0.25, 0.3) is 0 Å². The van der Waals surface area contributed by atoms with Crippen LogP contribution in [0.3, 0.4) is 0 Å². The fraction of sp³-hybridized carbons (Fsp3) is 0.526. The topological polar surface area (TPSA) is 265 Å². The molecule has 57 heavy (non-hydrogen) atoms. The van der Waals surface area contributed by atoms with Gasteiger partial charge in [-0.1, -0.05) is 45.9 Å². The highest BCUT2D eigenvalue weighted by atomic mass is 32.2. The molecule has 1 aliphatic rings. The normalized spacial score (nSPS) is 16.7. The fourth-order valence-corrected chi connectivity index (χ4v) is 7.62. The molecule has 0 radical (unpaired) electrons. The summed E-state index contributed by atoms with van der Waals surface area (Å²) in [5, 5.41) is 17.3.